The fourth-order valence-electron chi connectivity index (χ4n) is 2.09. The summed E-state index contributed by atoms with van der Waals surface area (Å²) >= 11 is 0. The Hall–Kier alpha value is -2.44. The van der Waals surface area contributed by atoms with E-state index < -0.39 is 11.9 Å². The molecule has 1 aliphatic rings. The van der Waals surface area contributed by atoms with Crippen LogP contribution in [0.4, 0.5) is 10.1 Å². The van der Waals surface area contributed by atoms with Gasteiger partial charge in [-0.3, -0.25) is 14.4 Å². The van der Waals surface area contributed by atoms with Gasteiger partial charge >= 0.3 is 0 Å². The van der Waals surface area contributed by atoms with Crippen molar-refractivity contribution in [2.24, 2.45) is 0 Å². The van der Waals surface area contributed by atoms with E-state index in [0.29, 0.717) is 18.5 Å². The summed E-state index contributed by atoms with van der Waals surface area (Å²) in [7, 11) is 1.50. The summed E-state index contributed by atoms with van der Waals surface area (Å²) in [6, 6.07) is 4.79. The molecule has 0 aliphatic carbocycles. The molecular weight excluding hydrogens is 277 g/mol. The van der Waals surface area contributed by atoms with Crippen molar-refractivity contribution in [2.45, 2.75) is 18.9 Å². The minimum atomic E-state index is -0.555. The van der Waals surface area contributed by atoms with Gasteiger partial charge in [0.05, 0.1) is 6.54 Å². The predicted octanol–water partition coefficient (Wildman–Crippen LogP) is 0.501. The second-order valence-electron chi connectivity index (χ2n) is 4.91. The highest BCUT2D eigenvalue weighted by Gasteiger charge is 2.29. The van der Waals surface area contributed by atoms with Gasteiger partial charge in [-0.05, 0) is 30.7 Å². The summed E-state index contributed by atoms with van der Waals surface area (Å²) in [4.78, 5) is 36.1. The van der Waals surface area contributed by atoms with E-state index in [0.717, 1.165) is 0 Å². The van der Waals surface area contributed by atoms with E-state index in [-0.39, 0.29) is 24.3 Å². The van der Waals surface area contributed by atoms with Gasteiger partial charge in [0.15, 0.2) is 0 Å². The smallest absolute Gasteiger partial charge is 0.245 e. The molecule has 1 aromatic rings. The molecule has 0 spiro atoms. The zero-order chi connectivity index (χ0) is 15.4. The first-order valence-corrected chi connectivity index (χ1v) is 6.55. The molecule has 0 aromatic heterocycles. The highest BCUT2D eigenvalue weighted by Crippen LogP contribution is 2.10. The van der Waals surface area contributed by atoms with Crippen LogP contribution in [0.25, 0.3) is 0 Å². The van der Waals surface area contributed by atoms with E-state index in [9.17, 15) is 18.8 Å². The molecule has 0 unspecified atom stereocenters. The second-order valence-corrected chi connectivity index (χ2v) is 4.91. The van der Waals surface area contributed by atoms with Crippen molar-refractivity contribution >= 4 is 23.4 Å². The SMILES string of the molecule is CN(CC(=O)Nc1ccc(F)cc1)C(=O)[C@@H]1CCC(=O)N1. The van der Waals surface area contributed by atoms with E-state index in [1.807, 2.05) is 0 Å². The Kier molecular flexibility index (Phi) is 4.52. The number of rotatable bonds is 4. The number of hydrogen-bond acceptors (Lipinski definition) is 3. The van der Waals surface area contributed by atoms with Gasteiger partial charge in [-0.15, -0.1) is 0 Å². The lowest BCUT2D eigenvalue weighted by atomic mass is 10.2. The van der Waals surface area contributed by atoms with Crippen LogP contribution in [-0.4, -0.2) is 42.3 Å². The van der Waals surface area contributed by atoms with E-state index in [2.05, 4.69) is 10.6 Å². The van der Waals surface area contributed by atoms with Crippen molar-refractivity contribution in [2.75, 3.05) is 18.9 Å². The van der Waals surface area contributed by atoms with Crippen LogP contribution in [0.5, 0.6) is 0 Å². The van der Waals surface area contributed by atoms with Crippen LogP contribution >= 0.6 is 0 Å². The summed E-state index contributed by atoms with van der Waals surface area (Å²) in [5.74, 6) is -1.23. The van der Waals surface area contributed by atoms with E-state index in [4.69, 9.17) is 0 Å². The maximum atomic E-state index is 12.7. The minimum absolute atomic E-state index is 0.136. The van der Waals surface area contributed by atoms with Crippen LogP contribution in [-0.2, 0) is 14.4 Å². The van der Waals surface area contributed by atoms with Crippen molar-refractivity contribution in [3.8, 4) is 0 Å². The first-order valence-electron chi connectivity index (χ1n) is 6.55. The van der Waals surface area contributed by atoms with Crippen LogP contribution in [0, 0.1) is 5.82 Å². The van der Waals surface area contributed by atoms with Gasteiger partial charge in [0.1, 0.15) is 11.9 Å². The average Bonchev–Trinajstić information content (AvgIpc) is 2.87. The zero-order valence-electron chi connectivity index (χ0n) is 11.6. The maximum absolute atomic E-state index is 12.7. The minimum Gasteiger partial charge on any atom is -0.344 e. The summed E-state index contributed by atoms with van der Waals surface area (Å²) in [5.41, 5.74) is 0.455. The topological polar surface area (TPSA) is 78.5 Å². The lowest BCUT2D eigenvalue weighted by Gasteiger charge is -2.20. The number of amides is 3. The Balaban J connectivity index is 1.85. The molecule has 1 aliphatic heterocycles. The number of likely N-dealkylation sites (N-methyl/N-ethyl adjacent to an activating group) is 1. The molecular formula is C14H16FN3O3. The summed E-state index contributed by atoms with van der Waals surface area (Å²) < 4.78 is 12.7. The largest absolute Gasteiger partial charge is 0.344 e. The van der Waals surface area contributed by atoms with Gasteiger partial charge in [0.2, 0.25) is 17.7 Å². The first-order chi connectivity index (χ1) is 9.95. The summed E-state index contributed by atoms with van der Waals surface area (Å²) in [6.07, 6.45) is 0.771. The highest BCUT2D eigenvalue weighted by molar-refractivity contribution is 5.96. The average molecular weight is 293 g/mol. The highest BCUT2D eigenvalue weighted by atomic mass is 19.1. The molecule has 2 rings (SSSR count). The van der Waals surface area contributed by atoms with Crippen LogP contribution in [0.15, 0.2) is 24.3 Å². The fraction of sp³-hybridized carbons (Fsp3) is 0.357. The molecule has 1 fully saturated rings. The van der Waals surface area contributed by atoms with Crippen LogP contribution < -0.4 is 10.6 Å². The van der Waals surface area contributed by atoms with Crippen LogP contribution in [0.3, 0.4) is 0 Å². The van der Waals surface area contributed by atoms with E-state index >= 15 is 0 Å². The van der Waals surface area contributed by atoms with Gasteiger partial charge in [-0.2, -0.15) is 0 Å². The normalized spacial score (nSPS) is 17.2. The van der Waals surface area contributed by atoms with Crippen LogP contribution in [0.1, 0.15) is 12.8 Å². The third kappa shape index (κ3) is 4.01. The number of hydrogen-bond donors (Lipinski definition) is 2. The van der Waals surface area contributed by atoms with Gasteiger partial charge in [0, 0.05) is 19.2 Å². The summed E-state index contributed by atoms with van der Waals surface area (Å²) in [5, 5.41) is 5.13. The van der Waals surface area contributed by atoms with Crippen molar-refractivity contribution in [3.05, 3.63) is 30.1 Å². The quantitative estimate of drug-likeness (QED) is 0.848. The fourth-order valence-corrected chi connectivity index (χ4v) is 2.09. The molecule has 21 heavy (non-hydrogen) atoms. The molecule has 0 radical (unpaired) electrons. The molecule has 1 atom stereocenters. The molecule has 112 valence electrons. The third-order valence-electron chi connectivity index (χ3n) is 3.18. The Labute approximate surface area is 121 Å². The van der Waals surface area contributed by atoms with Gasteiger partial charge < -0.3 is 15.5 Å². The lowest BCUT2D eigenvalue weighted by molar-refractivity contribution is -0.135. The molecule has 1 aromatic carbocycles. The molecule has 1 heterocycles. The van der Waals surface area contributed by atoms with Gasteiger partial charge in [-0.25, -0.2) is 4.39 Å². The van der Waals surface area contributed by atoms with Crippen LogP contribution in [0.2, 0.25) is 0 Å². The zero-order valence-corrected chi connectivity index (χ0v) is 11.6. The number of halogens is 1. The maximum Gasteiger partial charge on any atom is 0.245 e. The Morgan fingerprint density at radius 1 is 1.38 bits per heavy atom. The van der Waals surface area contributed by atoms with Crippen molar-refractivity contribution in [3.63, 3.8) is 0 Å². The van der Waals surface area contributed by atoms with Crippen molar-refractivity contribution in [1.82, 2.24) is 10.2 Å². The molecule has 0 bridgehead atoms. The molecule has 0 saturated carbocycles. The Morgan fingerprint density at radius 2 is 2.05 bits per heavy atom. The van der Waals surface area contributed by atoms with E-state index in [1.165, 1.54) is 36.2 Å². The van der Waals surface area contributed by atoms with E-state index in [1.54, 1.807) is 0 Å². The second kappa shape index (κ2) is 6.34. The molecule has 1 saturated heterocycles. The van der Waals surface area contributed by atoms with Crippen molar-refractivity contribution in [1.29, 1.82) is 0 Å². The number of carbonyl (C=O) groups is 3. The molecule has 6 nitrogen and oxygen atoms in total. The first kappa shape index (κ1) is 15.0. The number of carbonyl (C=O) groups excluding carboxylic acids is 3. The summed E-state index contributed by atoms with van der Waals surface area (Å²) in [6.45, 7) is -0.136. The number of nitrogens with zero attached hydrogens (tertiary/aromatic N) is 1. The third-order valence-corrected chi connectivity index (χ3v) is 3.18. The van der Waals surface area contributed by atoms with Gasteiger partial charge in [0.25, 0.3) is 0 Å². The Morgan fingerprint density at radius 3 is 2.62 bits per heavy atom. The molecule has 7 heteroatoms. The van der Waals surface area contributed by atoms with Gasteiger partial charge in [-0.1, -0.05) is 0 Å². The Bertz CT molecular complexity index is 559. The number of anilines is 1. The number of nitrogens with one attached hydrogen (secondary N) is 2. The molecule has 2 N–H and O–H groups in total. The van der Waals surface area contributed by atoms with Crippen molar-refractivity contribution < 1.29 is 18.8 Å². The standard InChI is InChI=1S/C14H16FN3O3/c1-18(14(21)11-6-7-12(19)17-11)8-13(20)16-10-4-2-9(15)3-5-10/h2-5,11H,6-8H2,1H3,(H,16,20)(H,17,19)/t11-/m0/s1. The monoisotopic (exact) mass is 293 g/mol. The predicted molar refractivity (Wildman–Crippen MR) is 73.8 cm³/mol. The lowest BCUT2D eigenvalue weighted by Crippen LogP contribution is -2.45. The number of benzene rings is 1. The molecule has 3 amide bonds.